The molecule has 0 radical (unpaired) electrons. The van der Waals surface area contributed by atoms with Crippen LogP contribution in [0.25, 0.3) is 0 Å². The van der Waals surface area contributed by atoms with Gasteiger partial charge in [0.05, 0.1) is 0 Å². The molecule has 11 heavy (non-hydrogen) atoms. The highest BCUT2D eigenvalue weighted by molar-refractivity contribution is 5.78. The van der Waals surface area contributed by atoms with E-state index >= 15 is 0 Å². The van der Waals surface area contributed by atoms with Gasteiger partial charge in [-0.05, 0) is 25.7 Å². The highest BCUT2D eigenvalue weighted by Crippen LogP contribution is 2.25. The van der Waals surface area contributed by atoms with Crippen LogP contribution in [0.2, 0.25) is 0 Å². The van der Waals surface area contributed by atoms with E-state index in [0.717, 1.165) is 12.8 Å². The lowest BCUT2D eigenvalue weighted by Crippen LogP contribution is -2.52. The molecular weight excluding hydrogens is 144 g/mol. The van der Waals surface area contributed by atoms with E-state index in [0.29, 0.717) is 12.8 Å². The fourth-order valence-corrected chi connectivity index (χ4v) is 1.37. The Morgan fingerprint density at radius 2 is 1.91 bits per heavy atom. The molecule has 0 atom stereocenters. The number of aliphatic carboxylic acids is 1. The Hall–Kier alpha value is -0.610. The maximum Gasteiger partial charge on any atom is 0.323 e. The number of hydrogen-bond acceptors (Lipinski definition) is 3. The quantitative estimate of drug-likeness (QED) is 0.487. The fourth-order valence-electron chi connectivity index (χ4n) is 1.37. The smallest absolute Gasteiger partial charge is 0.323 e. The predicted octanol–water partition coefficient (Wildman–Crippen LogP) is -0.330. The molecule has 0 aliphatic heterocycles. The Bertz CT molecular complexity index is 162. The minimum Gasteiger partial charge on any atom is -0.480 e. The molecule has 0 heterocycles. The molecule has 1 fully saturated rings. The largest absolute Gasteiger partial charge is 0.480 e. The molecular formula is C7H14N2O2. The van der Waals surface area contributed by atoms with Crippen LogP contribution in [0, 0.1) is 0 Å². The second kappa shape index (κ2) is 2.79. The highest BCUT2D eigenvalue weighted by Gasteiger charge is 2.37. The summed E-state index contributed by atoms with van der Waals surface area (Å²) in [5.41, 5.74) is 10.2. The standard InChI is InChI=1S/C7H14N2O2/c8-5-1-3-7(9,4-2-5)6(10)11/h5H,1-4,8-9H2,(H,10,11). The van der Waals surface area contributed by atoms with Crippen LogP contribution in [0.3, 0.4) is 0 Å². The van der Waals surface area contributed by atoms with Crippen LogP contribution in [0.15, 0.2) is 0 Å². The summed E-state index contributed by atoms with van der Waals surface area (Å²) >= 11 is 0. The third-order valence-corrected chi connectivity index (χ3v) is 2.35. The summed E-state index contributed by atoms with van der Waals surface area (Å²) in [5, 5.41) is 8.72. The molecule has 1 rings (SSSR count). The molecule has 1 aliphatic rings. The van der Waals surface area contributed by atoms with E-state index in [1.807, 2.05) is 0 Å². The average molecular weight is 158 g/mol. The van der Waals surface area contributed by atoms with Gasteiger partial charge in [-0.25, -0.2) is 0 Å². The molecule has 0 aromatic carbocycles. The van der Waals surface area contributed by atoms with Crippen molar-refractivity contribution in [3.05, 3.63) is 0 Å². The third-order valence-electron chi connectivity index (χ3n) is 2.35. The summed E-state index contributed by atoms with van der Waals surface area (Å²) in [6, 6.07) is 0.144. The van der Waals surface area contributed by atoms with E-state index in [1.54, 1.807) is 0 Å². The first-order valence-corrected chi connectivity index (χ1v) is 3.82. The van der Waals surface area contributed by atoms with Gasteiger partial charge in [0.1, 0.15) is 5.54 Å². The van der Waals surface area contributed by atoms with Crippen LogP contribution in [-0.2, 0) is 4.79 Å². The first-order chi connectivity index (χ1) is 5.04. The fraction of sp³-hybridized carbons (Fsp3) is 0.857. The molecule has 0 aromatic rings. The molecule has 1 saturated carbocycles. The molecule has 1 aliphatic carbocycles. The summed E-state index contributed by atoms with van der Waals surface area (Å²) < 4.78 is 0. The van der Waals surface area contributed by atoms with Crippen LogP contribution in [0.1, 0.15) is 25.7 Å². The van der Waals surface area contributed by atoms with Gasteiger partial charge in [0, 0.05) is 6.04 Å². The van der Waals surface area contributed by atoms with E-state index in [9.17, 15) is 4.79 Å². The van der Waals surface area contributed by atoms with Crippen LogP contribution >= 0.6 is 0 Å². The normalized spacial score (nSPS) is 38.5. The van der Waals surface area contributed by atoms with Gasteiger partial charge >= 0.3 is 5.97 Å². The van der Waals surface area contributed by atoms with Crippen molar-refractivity contribution in [2.75, 3.05) is 0 Å². The van der Waals surface area contributed by atoms with Gasteiger partial charge in [0.2, 0.25) is 0 Å². The lowest BCUT2D eigenvalue weighted by Gasteiger charge is -2.31. The van der Waals surface area contributed by atoms with Gasteiger partial charge in [-0.2, -0.15) is 0 Å². The highest BCUT2D eigenvalue weighted by atomic mass is 16.4. The van der Waals surface area contributed by atoms with Crippen molar-refractivity contribution in [2.45, 2.75) is 37.3 Å². The van der Waals surface area contributed by atoms with E-state index in [4.69, 9.17) is 16.6 Å². The second-order valence-corrected chi connectivity index (χ2v) is 3.30. The molecule has 64 valence electrons. The van der Waals surface area contributed by atoms with Gasteiger partial charge in [0.25, 0.3) is 0 Å². The number of nitrogens with two attached hydrogens (primary N) is 2. The van der Waals surface area contributed by atoms with Gasteiger partial charge in [-0.15, -0.1) is 0 Å². The van der Waals surface area contributed by atoms with Crippen LogP contribution < -0.4 is 11.5 Å². The number of carboxylic acid groups (broad SMARTS) is 1. The van der Waals surface area contributed by atoms with Crippen molar-refractivity contribution in [1.29, 1.82) is 0 Å². The minimum atomic E-state index is -1.00. The predicted molar refractivity (Wildman–Crippen MR) is 41.0 cm³/mol. The SMILES string of the molecule is NC1CCC(N)(C(=O)O)CC1. The third kappa shape index (κ3) is 1.70. The van der Waals surface area contributed by atoms with Crippen molar-refractivity contribution in [2.24, 2.45) is 11.5 Å². The Balaban J connectivity index is 2.55. The molecule has 0 aromatic heterocycles. The van der Waals surface area contributed by atoms with Gasteiger partial charge in [-0.1, -0.05) is 0 Å². The lowest BCUT2D eigenvalue weighted by molar-refractivity contribution is -0.144. The Morgan fingerprint density at radius 3 is 2.27 bits per heavy atom. The average Bonchev–Trinajstić information content (AvgIpc) is 1.95. The zero-order chi connectivity index (χ0) is 8.48. The molecule has 4 heteroatoms. The molecule has 0 bridgehead atoms. The Morgan fingerprint density at radius 1 is 1.45 bits per heavy atom. The van der Waals surface area contributed by atoms with Crippen molar-refractivity contribution < 1.29 is 9.90 Å². The van der Waals surface area contributed by atoms with Crippen molar-refractivity contribution in [1.82, 2.24) is 0 Å². The zero-order valence-electron chi connectivity index (χ0n) is 6.42. The number of hydrogen-bond donors (Lipinski definition) is 3. The maximum absolute atomic E-state index is 10.6. The summed E-state index contributed by atoms with van der Waals surface area (Å²) in [5.74, 6) is -0.899. The monoisotopic (exact) mass is 158 g/mol. The van der Waals surface area contributed by atoms with Crippen LogP contribution in [-0.4, -0.2) is 22.7 Å². The van der Waals surface area contributed by atoms with Crippen molar-refractivity contribution in [3.8, 4) is 0 Å². The van der Waals surface area contributed by atoms with E-state index in [-0.39, 0.29) is 6.04 Å². The minimum absolute atomic E-state index is 0.144. The molecule has 0 amide bonds. The first kappa shape index (κ1) is 8.49. The summed E-state index contributed by atoms with van der Waals surface area (Å²) in [6.45, 7) is 0. The van der Waals surface area contributed by atoms with E-state index in [2.05, 4.69) is 0 Å². The van der Waals surface area contributed by atoms with Gasteiger partial charge < -0.3 is 16.6 Å². The molecule has 5 N–H and O–H groups in total. The first-order valence-electron chi connectivity index (χ1n) is 3.82. The zero-order valence-corrected chi connectivity index (χ0v) is 6.42. The second-order valence-electron chi connectivity index (χ2n) is 3.30. The van der Waals surface area contributed by atoms with Crippen molar-refractivity contribution in [3.63, 3.8) is 0 Å². The number of carboxylic acids is 1. The number of carbonyl (C=O) groups is 1. The van der Waals surface area contributed by atoms with E-state index in [1.165, 1.54) is 0 Å². The summed E-state index contributed by atoms with van der Waals surface area (Å²) in [4.78, 5) is 10.6. The molecule has 0 spiro atoms. The molecule has 0 unspecified atom stereocenters. The topological polar surface area (TPSA) is 89.3 Å². The van der Waals surface area contributed by atoms with Gasteiger partial charge in [0.15, 0.2) is 0 Å². The summed E-state index contributed by atoms with van der Waals surface area (Å²) in [6.07, 6.45) is 2.46. The Kier molecular flexibility index (Phi) is 2.15. The maximum atomic E-state index is 10.6. The summed E-state index contributed by atoms with van der Waals surface area (Å²) in [7, 11) is 0. The lowest BCUT2D eigenvalue weighted by atomic mass is 9.80. The number of rotatable bonds is 1. The Labute approximate surface area is 65.6 Å². The molecule has 0 saturated heterocycles. The molecule has 4 nitrogen and oxygen atoms in total. The van der Waals surface area contributed by atoms with Crippen LogP contribution in [0.5, 0.6) is 0 Å². The van der Waals surface area contributed by atoms with Gasteiger partial charge in [-0.3, -0.25) is 4.79 Å². The van der Waals surface area contributed by atoms with Crippen molar-refractivity contribution >= 4 is 5.97 Å². The van der Waals surface area contributed by atoms with E-state index < -0.39 is 11.5 Å². The van der Waals surface area contributed by atoms with Crippen LogP contribution in [0.4, 0.5) is 0 Å².